The van der Waals surface area contributed by atoms with Gasteiger partial charge >= 0.3 is 0 Å². The van der Waals surface area contributed by atoms with E-state index in [1.54, 1.807) is 11.3 Å². The molecule has 2 heterocycles. The van der Waals surface area contributed by atoms with Gasteiger partial charge in [0.1, 0.15) is 11.5 Å². The van der Waals surface area contributed by atoms with Gasteiger partial charge in [0.25, 0.3) is 0 Å². The van der Waals surface area contributed by atoms with E-state index in [9.17, 15) is 5.11 Å². The van der Waals surface area contributed by atoms with Crippen molar-refractivity contribution in [1.82, 2.24) is 15.0 Å². The van der Waals surface area contributed by atoms with Gasteiger partial charge < -0.3 is 15.2 Å². The summed E-state index contributed by atoms with van der Waals surface area (Å²) in [5.74, 6) is 1.79. The standard InChI is InChI=1S/C22H24N4O2S/c1-13-8-14-11-23-22(25-15-2-7-20-18(10-15)24-12-29-20)26-21(14)19(9-13)28-17-5-3-16(27)4-6-17/h2,7,9-13,16-17,27H,3-6,8H2,1H3,(H,23,25,26)/t13?,16-,17+. The Hall–Kier alpha value is -2.51. The fourth-order valence-corrected chi connectivity index (χ4v) is 4.73. The minimum atomic E-state index is -0.186. The van der Waals surface area contributed by atoms with E-state index < -0.39 is 0 Å². The maximum Gasteiger partial charge on any atom is 0.227 e. The van der Waals surface area contributed by atoms with Gasteiger partial charge in [-0.05, 0) is 62.3 Å². The van der Waals surface area contributed by atoms with Crippen LogP contribution in [0.4, 0.5) is 11.6 Å². The summed E-state index contributed by atoms with van der Waals surface area (Å²) in [6.07, 6.45) is 8.31. The van der Waals surface area contributed by atoms with Crippen LogP contribution in [-0.2, 0) is 11.2 Å². The van der Waals surface area contributed by atoms with Crippen LogP contribution in [-0.4, -0.2) is 32.3 Å². The zero-order valence-corrected chi connectivity index (χ0v) is 17.2. The summed E-state index contributed by atoms with van der Waals surface area (Å²) in [5, 5.41) is 13.1. The lowest BCUT2D eigenvalue weighted by Crippen LogP contribution is -2.25. The summed E-state index contributed by atoms with van der Waals surface area (Å²) in [5.41, 5.74) is 5.73. The predicted octanol–water partition coefficient (Wildman–Crippen LogP) is 4.68. The van der Waals surface area contributed by atoms with Gasteiger partial charge in [0, 0.05) is 17.4 Å². The van der Waals surface area contributed by atoms with Crippen molar-refractivity contribution in [3.63, 3.8) is 0 Å². The number of aliphatic hydroxyl groups is 1. The van der Waals surface area contributed by atoms with E-state index in [0.29, 0.717) is 11.9 Å². The quantitative estimate of drug-likeness (QED) is 0.652. The minimum Gasteiger partial charge on any atom is -0.488 e. The fraction of sp³-hybridized carbons (Fsp3) is 0.409. The van der Waals surface area contributed by atoms with Crippen LogP contribution in [0.3, 0.4) is 0 Å². The molecule has 2 aliphatic rings. The summed E-state index contributed by atoms with van der Waals surface area (Å²) in [4.78, 5) is 13.7. The molecule has 6 nitrogen and oxygen atoms in total. The third kappa shape index (κ3) is 3.97. The van der Waals surface area contributed by atoms with Crippen molar-refractivity contribution in [2.45, 2.75) is 51.2 Å². The molecule has 2 aromatic heterocycles. The molecule has 2 aliphatic carbocycles. The lowest BCUT2D eigenvalue weighted by atomic mass is 9.92. The molecule has 0 saturated heterocycles. The van der Waals surface area contributed by atoms with E-state index in [4.69, 9.17) is 9.72 Å². The van der Waals surface area contributed by atoms with Crippen LogP contribution in [0, 0.1) is 5.92 Å². The van der Waals surface area contributed by atoms with Gasteiger partial charge in [-0.15, -0.1) is 11.3 Å². The molecular weight excluding hydrogens is 384 g/mol. The zero-order valence-electron chi connectivity index (χ0n) is 16.3. The number of nitrogens with zero attached hydrogens (tertiary/aromatic N) is 3. The molecular formula is C22H24N4O2S. The average molecular weight is 409 g/mol. The number of aliphatic hydroxyl groups excluding tert-OH is 1. The predicted molar refractivity (Wildman–Crippen MR) is 115 cm³/mol. The van der Waals surface area contributed by atoms with Crippen molar-refractivity contribution >= 4 is 38.9 Å². The molecule has 0 aliphatic heterocycles. The van der Waals surface area contributed by atoms with Crippen molar-refractivity contribution in [2.75, 3.05) is 5.32 Å². The number of benzene rings is 1. The van der Waals surface area contributed by atoms with Crippen molar-refractivity contribution < 1.29 is 9.84 Å². The Morgan fingerprint density at radius 2 is 2.03 bits per heavy atom. The smallest absolute Gasteiger partial charge is 0.227 e. The third-order valence-electron chi connectivity index (χ3n) is 5.60. The molecule has 1 unspecified atom stereocenters. The summed E-state index contributed by atoms with van der Waals surface area (Å²) in [6.45, 7) is 2.19. The molecule has 1 aromatic carbocycles. The number of anilines is 2. The number of hydrogen-bond donors (Lipinski definition) is 2. The Bertz CT molecular complexity index is 1060. The second-order valence-electron chi connectivity index (χ2n) is 7.99. The van der Waals surface area contributed by atoms with Crippen molar-refractivity contribution in [3.05, 3.63) is 47.2 Å². The Balaban J connectivity index is 1.39. The lowest BCUT2D eigenvalue weighted by Gasteiger charge is -2.29. The molecule has 2 N–H and O–H groups in total. The van der Waals surface area contributed by atoms with Gasteiger partial charge in [-0.1, -0.05) is 6.92 Å². The van der Waals surface area contributed by atoms with E-state index in [-0.39, 0.29) is 12.2 Å². The number of hydrogen-bond acceptors (Lipinski definition) is 7. The van der Waals surface area contributed by atoms with Crippen LogP contribution in [0.2, 0.25) is 0 Å². The molecule has 1 saturated carbocycles. The number of aromatic nitrogens is 3. The first kappa shape index (κ1) is 18.5. The largest absolute Gasteiger partial charge is 0.488 e. The molecule has 0 amide bonds. The van der Waals surface area contributed by atoms with Gasteiger partial charge in [0.15, 0.2) is 0 Å². The van der Waals surface area contributed by atoms with Crippen LogP contribution in [0.25, 0.3) is 16.0 Å². The number of thiazole rings is 1. The SMILES string of the molecule is CC1C=C(O[C@H]2CC[C@@H](O)CC2)c2nc(Nc3ccc4scnc4c3)ncc2C1. The highest BCUT2D eigenvalue weighted by atomic mass is 32.1. The monoisotopic (exact) mass is 408 g/mol. The normalized spacial score (nSPS) is 24.1. The molecule has 150 valence electrons. The minimum absolute atomic E-state index is 0.140. The van der Waals surface area contributed by atoms with Crippen LogP contribution >= 0.6 is 11.3 Å². The Morgan fingerprint density at radius 1 is 1.17 bits per heavy atom. The topological polar surface area (TPSA) is 80.2 Å². The molecule has 0 bridgehead atoms. The first-order valence-corrected chi connectivity index (χ1v) is 11.0. The van der Waals surface area contributed by atoms with Crippen molar-refractivity contribution in [1.29, 1.82) is 0 Å². The molecule has 0 spiro atoms. The Morgan fingerprint density at radius 3 is 2.90 bits per heavy atom. The molecule has 7 heteroatoms. The molecule has 3 aromatic rings. The number of ether oxygens (including phenoxy) is 1. The van der Waals surface area contributed by atoms with Crippen molar-refractivity contribution in [2.24, 2.45) is 5.92 Å². The Labute approximate surface area is 173 Å². The van der Waals surface area contributed by atoms with Crippen LogP contribution in [0.5, 0.6) is 0 Å². The highest BCUT2D eigenvalue weighted by Gasteiger charge is 2.26. The van der Waals surface area contributed by atoms with Gasteiger partial charge in [-0.3, -0.25) is 0 Å². The van der Waals surface area contributed by atoms with Crippen molar-refractivity contribution in [3.8, 4) is 0 Å². The molecule has 0 radical (unpaired) electrons. The first-order valence-electron chi connectivity index (χ1n) is 10.2. The number of fused-ring (bicyclic) bond motifs is 2. The number of nitrogens with one attached hydrogen (secondary N) is 1. The summed E-state index contributed by atoms with van der Waals surface area (Å²) >= 11 is 1.63. The van der Waals surface area contributed by atoms with E-state index in [0.717, 1.165) is 65.0 Å². The van der Waals surface area contributed by atoms with E-state index in [2.05, 4.69) is 34.4 Å². The fourth-order valence-electron chi connectivity index (χ4n) is 4.08. The second kappa shape index (κ2) is 7.72. The number of allylic oxidation sites excluding steroid dienone is 1. The molecule has 29 heavy (non-hydrogen) atoms. The number of rotatable bonds is 4. The highest BCUT2D eigenvalue weighted by Crippen LogP contribution is 2.33. The van der Waals surface area contributed by atoms with Crippen LogP contribution < -0.4 is 5.32 Å². The summed E-state index contributed by atoms with van der Waals surface area (Å²) in [6, 6.07) is 6.09. The van der Waals surface area contributed by atoms with Crippen LogP contribution in [0.15, 0.2) is 36.0 Å². The average Bonchev–Trinajstić information content (AvgIpc) is 3.18. The van der Waals surface area contributed by atoms with E-state index >= 15 is 0 Å². The van der Waals surface area contributed by atoms with E-state index in [1.807, 2.05) is 23.8 Å². The summed E-state index contributed by atoms with van der Waals surface area (Å²) < 4.78 is 7.51. The summed E-state index contributed by atoms with van der Waals surface area (Å²) in [7, 11) is 0. The third-order valence-corrected chi connectivity index (χ3v) is 6.41. The van der Waals surface area contributed by atoms with Gasteiger partial charge in [0.05, 0.1) is 27.9 Å². The van der Waals surface area contributed by atoms with Crippen LogP contribution in [0.1, 0.15) is 43.9 Å². The van der Waals surface area contributed by atoms with Gasteiger partial charge in [-0.25, -0.2) is 15.0 Å². The van der Waals surface area contributed by atoms with Gasteiger partial charge in [-0.2, -0.15) is 0 Å². The first-order chi connectivity index (χ1) is 14.1. The second-order valence-corrected chi connectivity index (χ2v) is 8.87. The molecule has 5 rings (SSSR count). The Kier molecular flexibility index (Phi) is 4.93. The molecule has 1 atom stereocenters. The maximum atomic E-state index is 9.76. The maximum absolute atomic E-state index is 9.76. The van der Waals surface area contributed by atoms with E-state index in [1.165, 1.54) is 0 Å². The molecule has 1 fully saturated rings. The lowest BCUT2D eigenvalue weighted by molar-refractivity contribution is 0.0523. The highest BCUT2D eigenvalue weighted by molar-refractivity contribution is 7.16. The zero-order chi connectivity index (χ0) is 19.8. The van der Waals surface area contributed by atoms with Gasteiger partial charge in [0.2, 0.25) is 5.95 Å².